The Morgan fingerprint density at radius 1 is 1.29 bits per heavy atom. The maximum absolute atomic E-state index is 10.3. The third kappa shape index (κ3) is 71.0. The van der Waals surface area contributed by atoms with Gasteiger partial charge in [0.05, 0.1) is 0 Å². The summed E-state index contributed by atoms with van der Waals surface area (Å²) in [6, 6.07) is 0. The van der Waals surface area contributed by atoms with E-state index >= 15 is 0 Å². The SMILES string of the molecule is [Na+].[Na+].[O-][Si]([O-])(O)F. The summed E-state index contributed by atoms with van der Waals surface area (Å²) < 4.78 is 10.3. The van der Waals surface area contributed by atoms with Crippen molar-refractivity contribution in [3.63, 3.8) is 0 Å². The predicted octanol–water partition coefficient (Wildman–Crippen LogP) is -8.89. The van der Waals surface area contributed by atoms with Gasteiger partial charge in [-0.2, -0.15) is 0 Å². The summed E-state index contributed by atoms with van der Waals surface area (Å²) in [5, 5.41) is 0. The van der Waals surface area contributed by atoms with E-state index in [2.05, 4.69) is 0 Å². The molecule has 0 saturated carbocycles. The Balaban J connectivity index is -0.0000000800. The number of rotatable bonds is 0. The molecule has 0 aromatic carbocycles. The molecule has 0 aliphatic rings. The Labute approximate surface area is 85.7 Å². The van der Waals surface area contributed by atoms with Crippen LogP contribution in [-0.4, -0.2) is 13.9 Å². The minimum Gasteiger partial charge on any atom is -0.825 e. The summed E-state index contributed by atoms with van der Waals surface area (Å²) in [5.74, 6) is 0. The third-order valence-electron chi connectivity index (χ3n) is 0. The topological polar surface area (TPSA) is 66.3 Å². The van der Waals surface area contributed by atoms with E-state index in [-0.39, 0.29) is 59.1 Å². The van der Waals surface area contributed by atoms with E-state index in [4.69, 9.17) is 14.4 Å². The standard InChI is InChI=1S/FHO3Si.2Na/c1-5(2,3)4;;/h2H;;/q-2;2*+1. The van der Waals surface area contributed by atoms with E-state index in [9.17, 15) is 4.11 Å². The monoisotopic (exact) mass is 142 g/mol. The van der Waals surface area contributed by atoms with Crippen LogP contribution in [0.1, 0.15) is 0 Å². The van der Waals surface area contributed by atoms with Crippen LogP contribution in [0.5, 0.6) is 0 Å². The smallest absolute Gasteiger partial charge is 0.825 e. The molecule has 32 valence electrons. The van der Waals surface area contributed by atoms with Crippen LogP contribution >= 0.6 is 0 Å². The maximum atomic E-state index is 10.3. The van der Waals surface area contributed by atoms with Gasteiger partial charge in [-0.05, 0) is 0 Å². The van der Waals surface area contributed by atoms with Crippen LogP contribution in [0.2, 0.25) is 0 Å². The first kappa shape index (κ1) is 16.0. The van der Waals surface area contributed by atoms with Crippen molar-refractivity contribution < 1.29 is 77.6 Å². The molecule has 0 rings (SSSR count). The molecule has 0 amide bonds. The molecule has 3 nitrogen and oxygen atoms in total. The zero-order chi connectivity index (χ0) is 4.50. The molecule has 0 radical (unpaired) electrons. The van der Waals surface area contributed by atoms with Gasteiger partial charge in [0.15, 0.2) is 0 Å². The van der Waals surface area contributed by atoms with Gasteiger partial charge in [-0.15, -0.1) is 0 Å². The molecule has 1 N–H and O–H groups in total. The maximum Gasteiger partial charge on any atom is 1.00 e. The normalized spacial score (nSPS) is 8.57. The Bertz CT molecular complexity index is 28.4. The van der Waals surface area contributed by atoms with Crippen molar-refractivity contribution in [2.75, 3.05) is 0 Å². The summed E-state index contributed by atoms with van der Waals surface area (Å²) >= 11 is 0. The van der Waals surface area contributed by atoms with Gasteiger partial charge in [-0.3, -0.25) is 0 Å². The molecular weight excluding hydrogens is 141 g/mol. The van der Waals surface area contributed by atoms with Crippen LogP contribution in [0.4, 0.5) is 4.11 Å². The van der Waals surface area contributed by atoms with E-state index in [1.165, 1.54) is 0 Å². The number of hydrogen-bond acceptors (Lipinski definition) is 3. The summed E-state index contributed by atoms with van der Waals surface area (Å²) in [7, 11) is -5.61. The molecule has 0 spiro atoms. The van der Waals surface area contributed by atoms with Crippen molar-refractivity contribution in [2.45, 2.75) is 0 Å². The zero-order valence-corrected chi connectivity index (χ0v) is 9.14. The minimum absolute atomic E-state index is 0. The molecule has 0 saturated heterocycles. The fourth-order valence-electron chi connectivity index (χ4n) is 0. The Morgan fingerprint density at radius 3 is 1.29 bits per heavy atom. The number of halogens is 1. The molecule has 0 unspecified atom stereocenters. The van der Waals surface area contributed by atoms with E-state index in [0.717, 1.165) is 0 Å². The van der Waals surface area contributed by atoms with Gasteiger partial charge >= 0.3 is 59.1 Å². The van der Waals surface area contributed by atoms with E-state index < -0.39 is 9.14 Å². The molecule has 0 aliphatic heterocycles. The fraction of sp³-hybridized carbons (Fsp3) is 0. The Kier molecular flexibility index (Phi) is 14.1. The van der Waals surface area contributed by atoms with Crippen LogP contribution in [0.25, 0.3) is 0 Å². The number of hydrogen-bond donors (Lipinski definition) is 1. The molecular formula is HFNa2O3Si. The van der Waals surface area contributed by atoms with E-state index in [1.54, 1.807) is 0 Å². The largest absolute Gasteiger partial charge is 1.00 e. The quantitative estimate of drug-likeness (QED) is 0.270. The molecule has 0 fully saturated rings. The Morgan fingerprint density at radius 2 is 1.29 bits per heavy atom. The Hall–Kier alpha value is 2.03. The first-order chi connectivity index (χ1) is 2.00. The van der Waals surface area contributed by atoms with Crippen LogP contribution in [0, 0.1) is 0 Å². The predicted molar refractivity (Wildman–Crippen MR) is 9.08 cm³/mol. The summed E-state index contributed by atoms with van der Waals surface area (Å²) in [5.41, 5.74) is 0. The van der Waals surface area contributed by atoms with Gasteiger partial charge in [-0.1, -0.05) is 0 Å². The zero-order valence-electron chi connectivity index (χ0n) is 4.14. The second-order valence-electron chi connectivity index (χ2n) is 0.505. The van der Waals surface area contributed by atoms with Crippen LogP contribution in [0.15, 0.2) is 0 Å². The van der Waals surface area contributed by atoms with Crippen LogP contribution in [0.3, 0.4) is 0 Å². The van der Waals surface area contributed by atoms with Crippen molar-refractivity contribution in [1.82, 2.24) is 0 Å². The molecule has 0 atom stereocenters. The van der Waals surface area contributed by atoms with Gasteiger partial charge < -0.3 is 18.5 Å². The van der Waals surface area contributed by atoms with Gasteiger partial charge in [0.25, 0.3) is 0 Å². The van der Waals surface area contributed by atoms with Gasteiger partial charge in [0, 0.05) is 0 Å². The molecule has 0 heterocycles. The second kappa shape index (κ2) is 6.15. The average molecular weight is 142 g/mol. The molecule has 7 heteroatoms. The van der Waals surface area contributed by atoms with Crippen molar-refractivity contribution in [3.05, 3.63) is 0 Å². The molecule has 0 bridgehead atoms. The molecule has 7 heavy (non-hydrogen) atoms. The summed E-state index contributed by atoms with van der Waals surface area (Å²) in [6.45, 7) is 0. The van der Waals surface area contributed by atoms with Crippen molar-refractivity contribution in [2.24, 2.45) is 0 Å². The van der Waals surface area contributed by atoms with Crippen LogP contribution < -0.4 is 68.7 Å². The second-order valence-corrected chi connectivity index (χ2v) is 1.51. The average Bonchev–Trinajstić information content (AvgIpc) is 0.722. The van der Waals surface area contributed by atoms with Crippen molar-refractivity contribution in [3.8, 4) is 0 Å². The molecule has 0 aromatic rings. The molecule has 0 aromatic heterocycles. The molecule has 0 aliphatic carbocycles. The van der Waals surface area contributed by atoms with E-state index in [1.807, 2.05) is 0 Å². The van der Waals surface area contributed by atoms with Gasteiger partial charge in [0.1, 0.15) is 0 Å². The minimum atomic E-state index is -5.61. The van der Waals surface area contributed by atoms with Crippen molar-refractivity contribution in [1.29, 1.82) is 0 Å². The van der Waals surface area contributed by atoms with E-state index in [0.29, 0.717) is 0 Å². The fourth-order valence-corrected chi connectivity index (χ4v) is 0. The summed E-state index contributed by atoms with van der Waals surface area (Å²) in [4.78, 5) is 24.0. The van der Waals surface area contributed by atoms with Crippen LogP contribution in [-0.2, 0) is 0 Å². The first-order valence-electron chi connectivity index (χ1n) is 0.821. The van der Waals surface area contributed by atoms with Gasteiger partial charge in [-0.25, -0.2) is 0 Å². The third-order valence-corrected chi connectivity index (χ3v) is 0. The van der Waals surface area contributed by atoms with Gasteiger partial charge in [0.2, 0.25) is 9.14 Å². The van der Waals surface area contributed by atoms with Crippen molar-refractivity contribution >= 4 is 9.14 Å². The first-order valence-corrected chi connectivity index (χ1v) is 2.46. The summed E-state index contributed by atoms with van der Waals surface area (Å²) in [6.07, 6.45) is 0.